The largest absolute Gasteiger partial charge is 0.282 e. The third-order valence-electron chi connectivity index (χ3n) is 2.09. The highest BCUT2D eigenvalue weighted by molar-refractivity contribution is 5.93. The summed E-state index contributed by atoms with van der Waals surface area (Å²) < 4.78 is 1.60. The van der Waals surface area contributed by atoms with Crippen molar-refractivity contribution in [3.63, 3.8) is 0 Å². The van der Waals surface area contributed by atoms with Gasteiger partial charge in [-0.2, -0.15) is 10.4 Å². The van der Waals surface area contributed by atoms with E-state index in [1.54, 1.807) is 16.9 Å². The van der Waals surface area contributed by atoms with Gasteiger partial charge in [-0.15, -0.1) is 0 Å². The molecule has 1 aromatic rings. The molecule has 0 atom stereocenters. The van der Waals surface area contributed by atoms with Gasteiger partial charge in [-0.1, -0.05) is 13.8 Å². The number of carbonyl (C=O) groups is 1. The first-order valence-electron chi connectivity index (χ1n) is 4.87. The predicted octanol–water partition coefficient (Wildman–Crippen LogP) is 1.24. The molecule has 0 radical (unpaired) electrons. The molecule has 0 aliphatic rings. The molecular formula is C10H14N4O. The van der Waals surface area contributed by atoms with Gasteiger partial charge in [-0.25, -0.2) is 0 Å². The van der Waals surface area contributed by atoms with Gasteiger partial charge >= 0.3 is 0 Å². The van der Waals surface area contributed by atoms with E-state index >= 15 is 0 Å². The summed E-state index contributed by atoms with van der Waals surface area (Å²) in [6, 6.07) is 1.72. The van der Waals surface area contributed by atoms with Gasteiger partial charge in [0.25, 0.3) is 5.91 Å². The van der Waals surface area contributed by atoms with Gasteiger partial charge in [0.05, 0.1) is 5.69 Å². The van der Waals surface area contributed by atoms with Crippen LogP contribution in [-0.4, -0.2) is 15.7 Å². The van der Waals surface area contributed by atoms with E-state index in [9.17, 15) is 4.79 Å². The number of nitrogens with one attached hydrogen (secondary N) is 1. The number of rotatable bonds is 3. The quantitative estimate of drug-likeness (QED) is 0.597. The minimum absolute atomic E-state index is 0.270. The highest BCUT2D eigenvalue weighted by atomic mass is 16.1. The first kappa shape index (κ1) is 11.2. The van der Waals surface area contributed by atoms with Crippen LogP contribution >= 0.6 is 0 Å². The second-order valence-corrected chi connectivity index (χ2v) is 3.49. The Bertz CT molecular complexity index is 400. The van der Waals surface area contributed by atoms with Gasteiger partial charge in [0.15, 0.2) is 6.19 Å². The number of nitriles is 1. The van der Waals surface area contributed by atoms with Crippen LogP contribution in [0.3, 0.4) is 0 Å². The molecule has 0 aromatic carbocycles. The highest BCUT2D eigenvalue weighted by Crippen LogP contribution is 2.14. The van der Waals surface area contributed by atoms with Crippen LogP contribution in [0.25, 0.3) is 0 Å². The number of hydrogen-bond donors (Lipinski definition) is 1. The van der Waals surface area contributed by atoms with E-state index in [-0.39, 0.29) is 5.92 Å². The van der Waals surface area contributed by atoms with Crippen molar-refractivity contribution in [3.05, 3.63) is 17.5 Å². The topological polar surface area (TPSA) is 70.7 Å². The lowest BCUT2D eigenvalue weighted by Crippen LogP contribution is -2.21. The summed E-state index contributed by atoms with van der Waals surface area (Å²) in [5.41, 5.74) is 1.29. The van der Waals surface area contributed by atoms with Crippen molar-refractivity contribution in [2.45, 2.75) is 33.2 Å². The smallest absolute Gasteiger partial charge is 0.266 e. The molecule has 0 bridgehead atoms. The van der Waals surface area contributed by atoms with E-state index in [2.05, 4.69) is 10.4 Å². The van der Waals surface area contributed by atoms with Gasteiger partial charge < -0.3 is 0 Å². The Labute approximate surface area is 88.7 Å². The number of aromatic nitrogens is 2. The molecule has 5 nitrogen and oxygen atoms in total. The summed E-state index contributed by atoms with van der Waals surface area (Å²) in [6.45, 7) is 6.53. The van der Waals surface area contributed by atoms with Gasteiger partial charge in [0, 0.05) is 6.54 Å². The molecule has 1 N–H and O–H groups in total. The number of hydrogen-bond acceptors (Lipinski definition) is 3. The summed E-state index contributed by atoms with van der Waals surface area (Å²) in [5.74, 6) is -0.134. The highest BCUT2D eigenvalue weighted by Gasteiger charge is 2.15. The van der Waals surface area contributed by atoms with Crippen LogP contribution < -0.4 is 5.32 Å². The number of amides is 1. The molecule has 0 spiro atoms. The fraction of sp³-hybridized carbons (Fsp3) is 0.500. The normalized spacial score (nSPS) is 10.1. The third-order valence-corrected chi connectivity index (χ3v) is 2.09. The van der Waals surface area contributed by atoms with Crippen LogP contribution in [0.1, 0.15) is 42.9 Å². The monoisotopic (exact) mass is 206 g/mol. The lowest BCUT2D eigenvalue weighted by molar-refractivity contribution is 0.0962. The van der Waals surface area contributed by atoms with Crippen LogP contribution in [0.2, 0.25) is 0 Å². The van der Waals surface area contributed by atoms with Crippen LogP contribution in [-0.2, 0) is 6.54 Å². The molecule has 0 aliphatic heterocycles. The number of aryl methyl sites for hydroxylation is 1. The van der Waals surface area contributed by atoms with E-state index in [0.717, 1.165) is 5.69 Å². The zero-order chi connectivity index (χ0) is 11.4. The molecule has 1 aromatic heterocycles. The lowest BCUT2D eigenvalue weighted by Gasteiger charge is -2.00. The predicted molar refractivity (Wildman–Crippen MR) is 55.1 cm³/mol. The van der Waals surface area contributed by atoms with Crippen molar-refractivity contribution < 1.29 is 4.79 Å². The van der Waals surface area contributed by atoms with E-state index in [0.29, 0.717) is 12.2 Å². The van der Waals surface area contributed by atoms with Crippen LogP contribution in [0.5, 0.6) is 0 Å². The van der Waals surface area contributed by atoms with Crippen molar-refractivity contribution in [1.82, 2.24) is 15.1 Å². The van der Waals surface area contributed by atoms with Crippen molar-refractivity contribution in [3.8, 4) is 6.19 Å². The molecule has 15 heavy (non-hydrogen) atoms. The van der Waals surface area contributed by atoms with E-state index in [1.165, 1.54) is 0 Å². The van der Waals surface area contributed by atoms with Crippen molar-refractivity contribution >= 4 is 5.91 Å². The Morgan fingerprint density at radius 3 is 2.87 bits per heavy atom. The standard InChI is InChI=1S/C10H14N4O/c1-4-14-9(10(15)12-6-11)5-8(13-14)7(2)3/h5,7H,4H2,1-3H3,(H,12,15). The van der Waals surface area contributed by atoms with Crippen LogP contribution in [0.15, 0.2) is 6.07 Å². The SMILES string of the molecule is CCn1nc(C(C)C)cc1C(=O)NC#N. The van der Waals surface area contributed by atoms with Crippen molar-refractivity contribution in [2.75, 3.05) is 0 Å². The second kappa shape index (κ2) is 4.60. The Kier molecular flexibility index (Phi) is 3.45. The van der Waals surface area contributed by atoms with Gasteiger partial charge in [-0.3, -0.25) is 14.8 Å². The lowest BCUT2D eigenvalue weighted by atomic mass is 10.1. The number of nitrogens with zero attached hydrogens (tertiary/aromatic N) is 3. The summed E-state index contributed by atoms with van der Waals surface area (Å²) in [6.07, 6.45) is 1.62. The Morgan fingerprint density at radius 2 is 2.40 bits per heavy atom. The summed E-state index contributed by atoms with van der Waals surface area (Å²) in [7, 11) is 0. The van der Waals surface area contributed by atoms with Crippen LogP contribution in [0, 0.1) is 11.5 Å². The maximum Gasteiger partial charge on any atom is 0.282 e. The average molecular weight is 206 g/mol. The average Bonchev–Trinajstić information content (AvgIpc) is 2.61. The van der Waals surface area contributed by atoms with Crippen molar-refractivity contribution in [2.24, 2.45) is 0 Å². The molecule has 1 rings (SSSR count). The molecule has 0 aliphatic carbocycles. The Morgan fingerprint density at radius 1 is 1.73 bits per heavy atom. The number of carbonyl (C=O) groups excluding carboxylic acids is 1. The minimum atomic E-state index is -0.404. The Hall–Kier alpha value is -1.83. The zero-order valence-corrected chi connectivity index (χ0v) is 9.11. The van der Waals surface area contributed by atoms with Gasteiger partial charge in [0.2, 0.25) is 0 Å². The van der Waals surface area contributed by atoms with Gasteiger partial charge in [0.1, 0.15) is 5.69 Å². The molecule has 0 fully saturated rings. The fourth-order valence-electron chi connectivity index (χ4n) is 1.26. The molecule has 0 saturated heterocycles. The molecule has 80 valence electrons. The molecule has 0 unspecified atom stereocenters. The summed E-state index contributed by atoms with van der Waals surface area (Å²) in [5, 5.41) is 14.7. The van der Waals surface area contributed by atoms with E-state index in [1.807, 2.05) is 20.8 Å². The van der Waals surface area contributed by atoms with Gasteiger partial charge in [-0.05, 0) is 18.9 Å². The fourth-order valence-corrected chi connectivity index (χ4v) is 1.26. The van der Waals surface area contributed by atoms with E-state index < -0.39 is 5.91 Å². The molecule has 1 heterocycles. The molecular weight excluding hydrogens is 192 g/mol. The minimum Gasteiger partial charge on any atom is -0.266 e. The molecule has 0 saturated carbocycles. The molecule has 1 amide bonds. The summed E-state index contributed by atoms with van der Waals surface area (Å²) in [4.78, 5) is 11.5. The van der Waals surface area contributed by atoms with E-state index in [4.69, 9.17) is 5.26 Å². The third kappa shape index (κ3) is 2.34. The first-order valence-corrected chi connectivity index (χ1v) is 4.87. The first-order chi connectivity index (χ1) is 7.10. The second-order valence-electron chi connectivity index (χ2n) is 3.49. The summed E-state index contributed by atoms with van der Waals surface area (Å²) >= 11 is 0. The van der Waals surface area contributed by atoms with Crippen LogP contribution in [0.4, 0.5) is 0 Å². The maximum absolute atomic E-state index is 11.5. The zero-order valence-electron chi connectivity index (χ0n) is 9.11. The Balaban J connectivity index is 3.06. The maximum atomic E-state index is 11.5. The molecule has 5 heteroatoms. The van der Waals surface area contributed by atoms with Crippen molar-refractivity contribution in [1.29, 1.82) is 5.26 Å².